The van der Waals surface area contributed by atoms with Crippen LogP contribution in [-0.4, -0.2) is 31.6 Å². The maximum Gasteiger partial charge on any atom is 0.184 e. The Bertz CT molecular complexity index is 242. The molecule has 1 saturated heterocycles. The van der Waals surface area contributed by atoms with Gasteiger partial charge < -0.3 is 10.1 Å². The molecule has 0 bridgehead atoms. The lowest BCUT2D eigenvalue weighted by molar-refractivity contribution is 0.192. The summed E-state index contributed by atoms with van der Waals surface area (Å²) in [5, 5.41) is 3.38. The Morgan fingerprint density at radius 3 is 3.00 bits per heavy atom. The van der Waals surface area contributed by atoms with Crippen molar-refractivity contribution in [2.75, 3.05) is 19.6 Å². The Morgan fingerprint density at radius 2 is 2.29 bits per heavy atom. The van der Waals surface area contributed by atoms with Crippen molar-refractivity contribution in [3.8, 4) is 0 Å². The van der Waals surface area contributed by atoms with Gasteiger partial charge in [-0.1, -0.05) is 0 Å². The molecule has 2 aliphatic heterocycles. The fourth-order valence-corrected chi connectivity index (χ4v) is 2.40. The molecular weight excluding hydrogens is 176 g/mol. The van der Waals surface area contributed by atoms with Crippen molar-refractivity contribution in [1.82, 2.24) is 5.32 Å². The topological polar surface area (TPSA) is 33.6 Å². The van der Waals surface area contributed by atoms with Crippen LogP contribution in [-0.2, 0) is 4.74 Å². The van der Waals surface area contributed by atoms with Crippen molar-refractivity contribution in [3.05, 3.63) is 0 Å². The molecule has 3 heteroatoms. The van der Waals surface area contributed by atoms with E-state index in [1.807, 2.05) is 0 Å². The van der Waals surface area contributed by atoms with Crippen molar-refractivity contribution in [2.24, 2.45) is 16.8 Å². The molecule has 0 aromatic carbocycles. The first-order valence-corrected chi connectivity index (χ1v) is 5.82. The second-order valence-corrected chi connectivity index (χ2v) is 4.79. The average molecular weight is 194 g/mol. The Labute approximate surface area is 84.9 Å². The van der Waals surface area contributed by atoms with Crippen molar-refractivity contribution in [2.45, 2.75) is 31.8 Å². The maximum absolute atomic E-state index is 5.87. The third kappa shape index (κ3) is 1.78. The molecular formula is C11H18N2O. The van der Waals surface area contributed by atoms with E-state index < -0.39 is 0 Å². The van der Waals surface area contributed by atoms with Crippen molar-refractivity contribution < 1.29 is 4.74 Å². The first kappa shape index (κ1) is 8.72. The fourth-order valence-electron chi connectivity index (χ4n) is 2.40. The zero-order chi connectivity index (χ0) is 9.38. The molecule has 14 heavy (non-hydrogen) atoms. The Kier molecular flexibility index (Phi) is 2.20. The molecule has 2 heterocycles. The summed E-state index contributed by atoms with van der Waals surface area (Å²) in [5.41, 5.74) is 0. The summed E-state index contributed by atoms with van der Waals surface area (Å²) < 4.78 is 5.87. The highest BCUT2D eigenvalue weighted by Crippen LogP contribution is 2.36. The normalized spacial score (nSPS) is 37.0. The first-order chi connectivity index (χ1) is 6.92. The van der Waals surface area contributed by atoms with E-state index in [9.17, 15) is 0 Å². The largest absolute Gasteiger partial charge is 0.475 e. The van der Waals surface area contributed by atoms with Gasteiger partial charge in [0.25, 0.3) is 0 Å². The van der Waals surface area contributed by atoms with E-state index in [1.165, 1.54) is 25.8 Å². The molecule has 2 fully saturated rings. The summed E-state index contributed by atoms with van der Waals surface area (Å²) in [4.78, 5) is 4.51. The highest BCUT2D eigenvalue weighted by molar-refractivity contribution is 5.78. The van der Waals surface area contributed by atoms with E-state index in [0.29, 0.717) is 6.10 Å². The molecule has 3 nitrogen and oxygen atoms in total. The Morgan fingerprint density at radius 1 is 1.36 bits per heavy atom. The Hall–Kier alpha value is -0.570. The molecule has 1 N–H and O–H groups in total. The van der Waals surface area contributed by atoms with Gasteiger partial charge in [0.2, 0.25) is 0 Å². The number of hydrogen-bond donors (Lipinski definition) is 1. The van der Waals surface area contributed by atoms with Crippen molar-refractivity contribution in [1.29, 1.82) is 0 Å². The second-order valence-electron chi connectivity index (χ2n) is 4.79. The van der Waals surface area contributed by atoms with Crippen LogP contribution in [0, 0.1) is 11.8 Å². The van der Waals surface area contributed by atoms with Crippen molar-refractivity contribution in [3.63, 3.8) is 0 Å². The van der Waals surface area contributed by atoms with E-state index >= 15 is 0 Å². The van der Waals surface area contributed by atoms with Gasteiger partial charge in [0.15, 0.2) is 5.90 Å². The summed E-state index contributed by atoms with van der Waals surface area (Å²) in [5.74, 6) is 2.64. The smallest absolute Gasteiger partial charge is 0.184 e. The number of aliphatic imine (C=N–C) groups is 1. The number of nitrogens with zero attached hydrogens (tertiary/aromatic N) is 1. The van der Waals surface area contributed by atoms with Gasteiger partial charge in [-0.15, -0.1) is 0 Å². The SMILES string of the molecule is C1CC(CC2=NCC(C3CC3)O2)CN1. The van der Waals surface area contributed by atoms with Gasteiger partial charge in [-0.05, 0) is 44.2 Å². The van der Waals surface area contributed by atoms with Crippen LogP contribution in [0.15, 0.2) is 4.99 Å². The van der Waals surface area contributed by atoms with Crippen LogP contribution in [0.5, 0.6) is 0 Å². The number of ether oxygens (including phenoxy) is 1. The molecule has 0 aromatic heterocycles. The van der Waals surface area contributed by atoms with Gasteiger partial charge in [0, 0.05) is 6.42 Å². The molecule has 1 aliphatic carbocycles. The maximum atomic E-state index is 5.87. The predicted octanol–water partition coefficient (Wildman–Crippen LogP) is 1.19. The minimum Gasteiger partial charge on any atom is -0.475 e. The summed E-state index contributed by atoms with van der Waals surface area (Å²) >= 11 is 0. The predicted molar refractivity (Wildman–Crippen MR) is 55.5 cm³/mol. The number of nitrogens with one attached hydrogen (secondary N) is 1. The van der Waals surface area contributed by atoms with Gasteiger partial charge in [0.05, 0.1) is 6.54 Å². The van der Waals surface area contributed by atoms with Crippen LogP contribution >= 0.6 is 0 Å². The van der Waals surface area contributed by atoms with E-state index in [4.69, 9.17) is 4.74 Å². The van der Waals surface area contributed by atoms with Crippen LogP contribution in [0.4, 0.5) is 0 Å². The quantitative estimate of drug-likeness (QED) is 0.732. The van der Waals surface area contributed by atoms with Crippen LogP contribution in [0.3, 0.4) is 0 Å². The van der Waals surface area contributed by atoms with Gasteiger partial charge in [-0.2, -0.15) is 0 Å². The molecule has 0 aromatic rings. The van der Waals surface area contributed by atoms with Gasteiger partial charge in [0.1, 0.15) is 6.10 Å². The summed E-state index contributed by atoms with van der Waals surface area (Å²) in [7, 11) is 0. The highest BCUT2D eigenvalue weighted by Gasteiger charge is 2.36. The molecule has 1 saturated carbocycles. The fraction of sp³-hybridized carbons (Fsp3) is 0.909. The number of rotatable bonds is 3. The molecule has 78 valence electrons. The van der Waals surface area contributed by atoms with Crippen LogP contribution < -0.4 is 5.32 Å². The molecule has 3 rings (SSSR count). The van der Waals surface area contributed by atoms with Crippen LogP contribution in [0.1, 0.15) is 25.7 Å². The molecule has 2 atom stereocenters. The third-order valence-corrected chi connectivity index (χ3v) is 3.51. The van der Waals surface area contributed by atoms with Gasteiger partial charge >= 0.3 is 0 Å². The minimum atomic E-state index is 0.444. The lowest BCUT2D eigenvalue weighted by atomic mass is 10.1. The molecule has 0 amide bonds. The van der Waals surface area contributed by atoms with E-state index in [-0.39, 0.29) is 0 Å². The van der Waals surface area contributed by atoms with Crippen LogP contribution in [0.25, 0.3) is 0 Å². The zero-order valence-electron chi connectivity index (χ0n) is 8.54. The molecule has 3 aliphatic rings. The summed E-state index contributed by atoms with van der Waals surface area (Å²) in [6.45, 7) is 3.25. The van der Waals surface area contributed by atoms with E-state index in [1.54, 1.807) is 0 Å². The third-order valence-electron chi connectivity index (χ3n) is 3.51. The first-order valence-electron chi connectivity index (χ1n) is 5.82. The second kappa shape index (κ2) is 3.54. The zero-order valence-corrected chi connectivity index (χ0v) is 8.54. The van der Waals surface area contributed by atoms with Gasteiger partial charge in [-0.3, -0.25) is 4.99 Å². The Balaban J connectivity index is 1.49. The average Bonchev–Trinajstić information content (AvgIpc) is 2.75. The van der Waals surface area contributed by atoms with Gasteiger partial charge in [-0.25, -0.2) is 0 Å². The molecule has 2 unspecified atom stereocenters. The van der Waals surface area contributed by atoms with E-state index in [2.05, 4.69) is 10.3 Å². The monoisotopic (exact) mass is 194 g/mol. The lowest BCUT2D eigenvalue weighted by Crippen LogP contribution is -2.18. The molecule has 0 spiro atoms. The highest BCUT2D eigenvalue weighted by atomic mass is 16.5. The minimum absolute atomic E-state index is 0.444. The van der Waals surface area contributed by atoms with Crippen LogP contribution in [0.2, 0.25) is 0 Å². The number of hydrogen-bond acceptors (Lipinski definition) is 3. The lowest BCUT2D eigenvalue weighted by Gasteiger charge is -2.11. The molecule has 0 radical (unpaired) electrons. The standard InChI is InChI=1S/C11H18N2O/c1-2-9(1)10-7-13-11(14-10)5-8-3-4-12-6-8/h8-10,12H,1-7H2. The van der Waals surface area contributed by atoms with E-state index in [0.717, 1.165) is 37.2 Å². The van der Waals surface area contributed by atoms with Crippen molar-refractivity contribution >= 4 is 5.90 Å². The summed E-state index contributed by atoms with van der Waals surface area (Å²) in [6, 6.07) is 0. The summed E-state index contributed by atoms with van der Waals surface area (Å²) in [6.07, 6.45) is 5.52.